The van der Waals surface area contributed by atoms with E-state index in [4.69, 9.17) is 0 Å². The molecule has 6 rings (SSSR count). The van der Waals surface area contributed by atoms with Crippen molar-refractivity contribution >= 4 is 11.7 Å². The maximum atomic E-state index is 14.5. The number of nitrogens with zero attached hydrogens (tertiary/aromatic N) is 3. The maximum absolute atomic E-state index is 14.5. The van der Waals surface area contributed by atoms with Crippen molar-refractivity contribution in [2.24, 2.45) is 0 Å². The fourth-order valence-electron chi connectivity index (χ4n) is 7.53. The van der Waals surface area contributed by atoms with Gasteiger partial charge in [-0.2, -0.15) is 0 Å². The van der Waals surface area contributed by atoms with E-state index in [2.05, 4.69) is 25.4 Å². The van der Waals surface area contributed by atoms with E-state index in [0.717, 1.165) is 28.8 Å². The number of pyridine rings is 1. The predicted octanol–water partition coefficient (Wildman–Crippen LogP) is 2.97. The molecule has 0 bridgehead atoms. The van der Waals surface area contributed by atoms with Gasteiger partial charge in [-0.25, -0.2) is 0 Å². The number of amides is 1. The second-order valence-electron chi connectivity index (χ2n) is 14.5. The number of aliphatic hydroxyl groups excluding tert-OH is 2. The monoisotopic (exact) mass is 637 g/mol. The number of rotatable bonds is 10. The van der Waals surface area contributed by atoms with Gasteiger partial charge in [-0.05, 0) is 55.5 Å². The first kappa shape index (κ1) is 33.0. The van der Waals surface area contributed by atoms with Crippen molar-refractivity contribution in [3.05, 3.63) is 113 Å². The number of hydrogen-bond acceptors (Lipinski definition) is 8. The standard InChI is InChI=1S/C38H47N5O4/c1-37(2,3)41-36(47)32-25-42(23-27-12-9-15-39-21-27)16-17-43(32)24-29(44)20-38(19-26-10-5-4-6-11-26)35(46)31(22-40-38)34-30-14-8-7-13-28(30)18-33(34)45/h4-15,21-22,29,32-34,40,44-45H,16-20,23-25H2,1-3H3,(H,41,47)/t29-,32-,33+,34-,38-/m0/s1. The maximum Gasteiger partial charge on any atom is 0.239 e. The molecule has 5 atom stereocenters. The molecule has 248 valence electrons. The van der Waals surface area contributed by atoms with Gasteiger partial charge in [0, 0.05) is 81.2 Å². The van der Waals surface area contributed by atoms with Crippen LogP contribution in [-0.2, 0) is 29.0 Å². The van der Waals surface area contributed by atoms with Crippen LogP contribution >= 0.6 is 0 Å². The summed E-state index contributed by atoms with van der Waals surface area (Å²) >= 11 is 0. The topological polar surface area (TPSA) is 118 Å². The fraction of sp³-hybridized carbons (Fsp3) is 0.447. The molecular weight excluding hydrogens is 590 g/mol. The molecule has 3 aliphatic rings. The second-order valence-corrected chi connectivity index (χ2v) is 14.5. The number of ketones is 1. The number of benzene rings is 2. The van der Waals surface area contributed by atoms with Gasteiger partial charge in [-0.3, -0.25) is 24.4 Å². The first-order valence-corrected chi connectivity index (χ1v) is 16.7. The number of nitrogens with one attached hydrogen (secondary N) is 2. The van der Waals surface area contributed by atoms with Gasteiger partial charge in [-0.15, -0.1) is 0 Å². The van der Waals surface area contributed by atoms with Crippen LogP contribution < -0.4 is 10.6 Å². The Balaban J connectivity index is 1.21. The summed E-state index contributed by atoms with van der Waals surface area (Å²) in [5.74, 6) is -0.587. The minimum absolute atomic E-state index is 0.0764. The van der Waals surface area contributed by atoms with Gasteiger partial charge in [0.05, 0.1) is 12.2 Å². The third-order valence-electron chi connectivity index (χ3n) is 9.62. The van der Waals surface area contributed by atoms with E-state index in [-0.39, 0.29) is 24.7 Å². The fourth-order valence-corrected chi connectivity index (χ4v) is 7.53. The van der Waals surface area contributed by atoms with E-state index in [9.17, 15) is 19.8 Å². The number of aliphatic hydroxyl groups is 2. The molecule has 1 saturated heterocycles. The highest BCUT2D eigenvalue weighted by Gasteiger charge is 2.49. The van der Waals surface area contributed by atoms with Crippen LogP contribution in [0, 0.1) is 0 Å². The minimum atomic E-state index is -1.08. The number of fused-ring (bicyclic) bond motifs is 1. The van der Waals surface area contributed by atoms with Crippen molar-refractivity contribution in [2.45, 2.75) is 81.8 Å². The molecule has 9 nitrogen and oxygen atoms in total. The van der Waals surface area contributed by atoms with Gasteiger partial charge in [-0.1, -0.05) is 60.7 Å². The van der Waals surface area contributed by atoms with E-state index in [1.54, 1.807) is 12.4 Å². The summed E-state index contributed by atoms with van der Waals surface area (Å²) in [5.41, 5.74) is 3.17. The molecule has 3 aromatic rings. The Morgan fingerprint density at radius 2 is 1.81 bits per heavy atom. The van der Waals surface area contributed by atoms with Gasteiger partial charge in [0.1, 0.15) is 11.6 Å². The summed E-state index contributed by atoms with van der Waals surface area (Å²) in [7, 11) is 0. The third kappa shape index (κ3) is 7.49. The van der Waals surface area contributed by atoms with E-state index < -0.39 is 35.2 Å². The van der Waals surface area contributed by atoms with Crippen molar-refractivity contribution in [1.82, 2.24) is 25.4 Å². The molecule has 2 aliphatic heterocycles. The van der Waals surface area contributed by atoms with Crippen LogP contribution in [0.1, 0.15) is 55.4 Å². The quantitative estimate of drug-likeness (QED) is 0.268. The smallest absolute Gasteiger partial charge is 0.239 e. The largest absolute Gasteiger partial charge is 0.392 e. The van der Waals surface area contributed by atoms with Crippen LogP contribution in [0.4, 0.5) is 0 Å². The molecule has 47 heavy (non-hydrogen) atoms. The lowest BCUT2D eigenvalue weighted by molar-refractivity contribution is -0.132. The lowest BCUT2D eigenvalue weighted by Crippen LogP contribution is -2.62. The molecule has 0 radical (unpaired) electrons. The van der Waals surface area contributed by atoms with Gasteiger partial charge >= 0.3 is 0 Å². The van der Waals surface area contributed by atoms with Crippen LogP contribution in [0.25, 0.3) is 0 Å². The average Bonchev–Trinajstić information content (AvgIpc) is 3.52. The average molecular weight is 638 g/mol. The van der Waals surface area contributed by atoms with Crippen molar-refractivity contribution in [3.8, 4) is 0 Å². The Labute approximate surface area is 277 Å². The number of carbonyl (C=O) groups is 2. The van der Waals surface area contributed by atoms with Crippen LogP contribution in [0.5, 0.6) is 0 Å². The first-order chi connectivity index (χ1) is 22.5. The zero-order valence-corrected chi connectivity index (χ0v) is 27.6. The highest BCUT2D eigenvalue weighted by Crippen LogP contribution is 2.43. The number of piperazine rings is 1. The summed E-state index contributed by atoms with van der Waals surface area (Å²) in [6.07, 6.45) is 4.85. The Morgan fingerprint density at radius 1 is 1.06 bits per heavy atom. The molecule has 9 heteroatoms. The number of aromatic nitrogens is 1. The number of hydrogen-bond donors (Lipinski definition) is 4. The van der Waals surface area contributed by atoms with Crippen molar-refractivity contribution in [2.75, 3.05) is 26.2 Å². The van der Waals surface area contributed by atoms with Gasteiger partial charge < -0.3 is 20.8 Å². The Kier molecular flexibility index (Phi) is 9.62. The van der Waals surface area contributed by atoms with Crippen LogP contribution in [0.2, 0.25) is 0 Å². The van der Waals surface area contributed by atoms with Crippen LogP contribution in [0.15, 0.2) is 90.9 Å². The van der Waals surface area contributed by atoms with Crippen molar-refractivity contribution in [1.29, 1.82) is 0 Å². The molecule has 0 spiro atoms. The summed E-state index contributed by atoms with van der Waals surface area (Å²) < 4.78 is 0. The zero-order valence-electron chi connectivity index (χ0n) is 27.6. The van der Waals surface area contributed by atoms with Gasteiger partial charge in [0.25, 0.3) is 0 Å². The van der Waals surface area contributed by atoms with Crippen molar-refractivity contribution in [3.63, 3.8) is 0 Å². The third-order valence-corrected chi connectivity index (χ3v) is 9.62. The van der Waals surface area contributed by atoms with Crippen LogP contribution in [0.3, 0.4) is 0 Å². The van der Waals surface area contributed by atoms with Gasteiger partial charge in [0.15, 0.2) is 5.78 Å². The van der Waals surface area contributed by atoms with E-state index in [1.807, 2.05) is 93.7 Å². The molecule has 1 fully saturated rings. The summed E-state index contributed by atoms with van der Waals surface area (Å²) in [4.78, 5) is 36.7. The van der Waals surface area contributed by atoms with E-state index >= 15 is 0 Å². The molecule has 1 aromatic heterocycles. The molecule has 4 N–H and O–H groups in total. The molecule has 0 unspecified atom stereocenters. The Bertz CT molecular complexity index is 1590. The lowest BCUT2D eigenvalue weighted by Gasteiger charge is -2.43. The zero-order chi connectivity index (χ0) is 33.2. The molecule has 2 aromatic carbocycles. The first-order valence-electron chi connectivity index (χ1n) is 16.7. The van der Waals surface area contributed by atoms with Crippen LogP contribution in [-0.4, -0.2) is 92.2 Å². The highest BCUT2D eigenvalue weighted by atomic mass is 16.3. The summed E-state index contributed by atoms with van der Waals surface area (Å²) in [5, 5.41) is 29.4. The Hall–Kier alpha value is -3.89. The van der Waals surface area contributed by atoms with E-state index in [1.165, 1.54) is 0 Å². The number of Topliss-reactive ketones (excluding diaryl/α,β-unsaturated/α-hetero) is 1. The van der Waals surface area contributed by atoms with Crippen molar-refractivity contribution < 1.29 is 19.8 Å². The second kappa shape index (κ2) is 13.7. The molecule has 0 saturated carbocycles. The van der Waals surface area contributed by atoms with Gasteiger partial charge in [0.2, 0.25) is 5.91 Å². The Morgan fingerprint density at radius 3 is 2.55 bits per heavy atom. The summed E-state index contributed by atoms with van der Waals surface area (Å²) in [6, 6.07) is 21.2. The molecule has 3 heterocycles. The highest BCUT2D eigenvalue weighted by molar-refractivity contribution is 6.06. The summed E-state index contributed by atoms with van der Waals surface area (Å²) in [6.45, 7) is 8.69. The molecular formula is C38H47N5O4. The molecule has 1 amide bonds. The predicted molar refractivity (Wildman–Crippen MR) is 181 cm³/mol. The van der Waals surface area contributed by atoms with E-state index in [0.29, 0.717) is 38.0 Å². The number of β-amino-alcohol motifs (C(OH)–C–C–N with tert-alkyl or cyclic N) is 1. The SMILES string of the molecule is CC(C)(C)NC(=O)[C@@H]1CN(Cc2cccnc2)CCN1C[C@@H](O)C[C@]1(Cc2ccccc2)NC=C([C@@H]2c3ccccc3C[C@H]2O)C1=O. The normalized spacial score (nSPS) is 25.6. The molecule has 1 aliphatic carbocycles. The number of carbonyl (C=O) groups excluding carboxylic acids is 2. The minimum Gasteiger partial charge on any atom is -0.392 e. The lowest BCUT2D eigenvalue weighted by atomic mass is 9.77.